The van der Waals surface area contributed by atoms with Crippen molar-refractivity contribution in [3.63, 3.8) is 0 Å². The van der Waals surface area contributed by atoms with Crippen molar-refractivity contribution in [2.24, 2.45) is 0 Å². The molecule has 0 unspecified atom stereocenters. The Morgan fingerprint density at radius 3 is 2.46 bits per heavy atom. The molecule has 0 aliphatic carbocycles. The van der Waals surface area contributed by atoms with Gasteiger partial charge in [0.1, 0.15) is 5.82 Å². The number of aromatic nitrogens is 2. The van der Waals surface area contributed by atoms with Crippen molar-refractivity contribution in [2.45, 2.75) is 6.92 Å². The predicted molar refractivity (Wildman–Crippen MR) is 101 cm³/mol. The third-order valence-electron chi connectivity index (χ3n) is 4.14. The van der Waals surface area contributed by atoms with E-state index >= 15 is 0 Å². The summed E-state index contributed by atoms with van der Waals surface area (Å²) in [6, 6.07) is 21.9. The molecule has 0 amide bonds. The summed E-state index contributed by atoms with van der Waals surface area (Å²) >= 11 is 6.35. The minimum Gasteiger partial charge on any atom is -0.399 e. The van der Waals surface area contributed by atoms with E-state index in [1.54, 1.807) is 0 Å². The smallest absolute Gasteiger partial charge is 0.145 e. The largest absolute Gasteiger partial charge is 0.399 e. The zero-order valence-electron chi connectivity index (χ0n) is 13.2. The number of aryl methyl sites for hydroxylation is 1. The van der Waals surface area contributed by atoms with E-state index in [9.17, 15) is 0 Å². The maximum absolute atomic E-state index is 6.35. The van der Waals surface area contributed by atoms with Crippen LogP contribution >= 0.6 is 11.6 Å². The van der Waals surface area contributed by atoms with E-state index < -0.39 is 0 Å². The molecule has 0 aliphatic rings. The first-order valence-corrected chi connectivity index (χ1v) is 8.11. The predicted octanol–water partition coefficient (Wildman–Crippen LogP) is 5.24. The van der Waals surface area contributed by atoms with Gasteiger partial charge in [-0.15, -0.1) is 0 Å². The van der Waals surface area contributed by atoms with Crippen molar-refractivity contribution in [1.29, 1.82) is 0 Å². The summed E-state index contributed by atoms with van der Waals surface area (Å²) in [7, 11) is 0. The van der Waals surface area contributed by atoms with E-state index in [0.29, 0.717) is 0 Å². The number of para-hydroxylation sites is 2. The summed E-state index contributed by atoms with van der Waals surface area (Å²) in [5.41, 5.74) is 11.6. The molecule has 0 saturated carbocycles. The number of fused-ring (bicyclic) bond motifs is 1. The number of nitrogens with zero attached hydrogens (tertiary/aromatic N) is 2. The van der Waals surface area contributed by atoms with E-state index in [1.165, 1.54) is 0 Å². The normalized spacial score (nSPS) is 11.1. The Morgan fingerprint density at radius 2 is 1.71 bits per heavy atom. The van der Waals surface area contributed by atoms with Gasteiger partial charge in [0, 0.05) is 22.0 Å². The molecule has 0 atom stereocenters. The molecular formula is C20H16ClN3. The summed E-state index contributed by atoms with van der Waals surface area (Å²) in [6.45, 7) is 2.00. The zero-order chi connectivity index (χ0) is 16.7. The number of nitrogen functional groups attached to an aromatic ring is 1. The highest BCUT2D eigenvalue weighted by Gasteiger charge is 2.14. The lowest BCUT2D eigenvalue weighted by molar-refractivity contribution is 1.10. The second-order valence-corrected chi connectivity index (χ2v) is 6.22. The van der Waals surface area contributed by atoms with Crippen molar-refractivity contribution in [2.75, 3.05) is 5.73 Å². The first-order chi connectivity index (χ1) is 11.6. The SMILES string of the molecule is Cc1ccc(-n2c(-c3ccc(N)cc3)nc3ccccc32)cc1Cl. The van der Waals surface area contributed by atoms with Crippen LogP contribution in [-0.4, -0.2) is 9.55 Å². The Morgan fingerprint density at radius 1 is 0.958 bits per heavy atom. The molecule has 24 heavy (non-hydrogen) atoms. The molecule has 0 radical (unpaired) electrons. The fraction of sp³-hybridized carbons (Fsp3) is 0.0500. The van der Waals surface area contributed by atoms with Crippen LogP contribution in [0.25, 0.3) is 28.1 Å². The molecule has 3 nitrogen and oxygen atoms in total. The molecule has 3 aromatic carbocycles. The van der Waals surface area contributed by atoms with Gasteiger partial charge < -0.3 is 5.73 Å². The van der Waals surface area contributed by atoms with Crippen LogP contribution in [0.2, 0.25) is 5.02 Å². The molecule has 4 aromatic rings. The van der Waals surface area contributed by atoms with Gasteiger partial charge in [-0.3, -0.25) is 4.57 Å². The number of rotatable bonds is 2. The van der Waals surface area contributed by atoms with Crippen LogP contribution in [0.4, 0.5) is 5.69 Å². The van der Waals surface area contributed by atoms with Crippen LogP contribution in [0.5, 0.6) is 0 Å². The Hall–Kier alpha value is -2.78. The fourth-order valence-corrected chi connectivity index (χ4v) is 3.01. The van der Waals surface area contributed by atoms with E-state index in [4.69, 9.17) is 22.3 Å². The van der Waals surface area contributed by atoms with Crippen molar-refractivity contribution < 1.29 is 0 Å². The van der Waals surface area contributed by atoms with Crippen molar-refractivity contribution in [3.8, 4) is 17.1 Å². The lowest BCUT2D eigenvalue weighted by Crippen LogP contribution is -1.98. The van der Waals surface area contributed by atoms with Crippen LogP contribution in [0, 0.1) is 6.92 Å². The second-order valence-electron chi connectivity index (χ2n) is 5.82. The van der Waals surface area contributed by atoms with Gasteiger partial charge >= 0.3 is 0 Å². The summed E-state index contributed by atoms with van der Waals surface area (Å²) in [4.78, 5) is 4.82. The summed E-state index contributed by atoms with van der Waals surface area (Å²) in [6.07, 6.45) is 0. The highest BCUT2D eigenvalue weighted by molar-refractivity contribution is 6.31. The minimum atomic E-state index is 0.736. The molecule has 0 aliphatic heterocycles. The average molecular weight is 334 g/mol. The summed E-state index contributed by atoms with van der Waals surface area (Å²) in [5, 5.41) is 0.744. The quantitative estimate of drug-likeness (QED) is 0.510. The van der Waals surface area contributed by atoms with Gasteiger partial charge in [0.15, 0.2) is 0 Å². The zero-order valence-corrected chi connectivity index (χ0v) is 14.0. The Balaban J connectivity index is 2.03. The van der Waals surface area contributed by atoms with Crippen LogP contribution in [0.1, 0.15) is 5.56 Å². The van der Waals surface area contributed by atoms with E-state index in [-0.39, 0.29) is 0 Å². The highest BCUT2D eigenvalue weighted by Crippen LogP contribution is 2.30. The van der Waals surface area contributed by atoms with Gasteiger partial charge in [-0.05, 0) is 61.0 Å². The standard InChI is InChI=1S/C20H16ClN3/c1-13-6-11-16(12-17(13)21)24-19-5-3-2-4-18(19)23-20(24)14-7-9-15(22)10-8-14/h2-12H,22H2,1H3. The summed E-state index contributed by atoms with van der Waals surface area (Å²) < 4.78 is 2.13. The third kappa shape index (κ3) is 2.43. The first kappa shape index (κ1) is 14.8. The number of hydrogen-bond donors (Lipinski definition) is 1. The molecule has 4 rings (SSSR count). The molecule has 4 heteroatoms. The molecular weight excluding hydrogens is 318 g/mol. The van der Waals surface area contributed by atoms with E-state index in [1.807, 2.05) is 61.5 Å². The number of anilines is 1. The lowest BCUT2D eigenvalue weighted by atomic mass is 10.1. The first-order valence-electron chi connectivity index (χ1n) is 7.73. The number of nitrogens with two attached hydrogens (primary N) is 1. The van der Waals surface area contributed by atoms with Crippen LogP contribution < -0.4 is 5.73 Å². The molecule has 1 aromatic heterocycles. The average Bonchev–Trinajstić information content (AvgIpc) is 2.97. The Kier molecular flexibility index (Phi) is 3.51. The van der Waals surface area contributed by atoms with E-state index in [0.717, 1.165) is 44.4 Å². The molecule has 1 heterocycles. The van der Waals surface area contributed by atoms with Crippen LogP contribution in [0.15, 0.2) is 66.7 Å². The monoisotopic (exact) mass is 333 g/mol. The molecule has 0 fully saturated rings. The molecule has 118 valence electrons. The topological polar surface area (TPSA) is 43.8 Å². The Bertz CT molecular complexity index is 1030. The van der Waals surface area contributed by atoms with Gasteiger partial charge in [-0.25, -0.2) is 4.98 Å². The number of imidazole rings is 1. The molecule has 2 N–H and O–H groups in total. The van der Waals surface area contributed by atoms with Crippen molar-refractivity contribution >= 4 is 28.3 Å². The van der Waals surface area contributed by atoms with Gasteiger partial charge in [0.05, 0.1) is 11.0 Å². The maximum atomic E-state index is 6.35. The van der Waals surface area contributed by atoms with Gasteiger partial charge in [-0.2, -0.15) is 0 Å². The van der Waals surface area contributed by atoms with Gasteiger partial charge in [0.25, 0.3) is 0 Å². The Labute approximate surface area is 145 Å². The molecule has 0 bridgehead atoms. The highest BCUT2D eigenvalue weighted by atomic mass is 35.5. The minimum absolute atomic E-state index is 0.736. The molecule has 0 spiro atoms. The van der Waals surface area contributed by atoms with Gasteiger partial charge in [-0.1, -0.05) is 29.8 Å². The third-order valence-corrected chi connectivity index (χ3v) is 4.55. The van der Waals surface area contributed by atoms with Gasteiger partial charge in [0.2, 0.25) is 0 Å². The summed E-state index contributed by atoms with van der Waals surface area (Å²) in [5.74, 6) is 0.871. The number of benzene rings is 3. The molecule has 0 saturated heterocycles. The van der Waals surface area contributed by atoms with Crippen LogP contribution in [0.3, 0.4) is 0 Å². The second kappa shape index (κ2) is 5.69. The number of hydrogen-bond acceptors (Lipinski definition) is 2. The fourth-order valence-electron chi connectivity index (χ4n) is 2.83. The van der Waals surface area contributed by atoms with Crippen LogP contribution in [-0.2, 0) is 0 Å². The lowest BCUT2D eigenvalue weighted by Gasteiger charge is -2.11. The number of halogens is 1. The van der Waals surface area contributed by atoms with E-state index in [2.05, 4.69) is 16.7 Å². The van der Waals surface area contributed by atoms with Crippen molar-refractivity contribution in [3.05, 3.63) is 77.3 Å². The van der Waals surface area contributed by atoms with Crippen molar-refractivity contribution in [1.82, 2.24) is 9.55 Å². The maximum Gasteiger partial charge on any atom is 0.145 e.